The molecule has 3 atom stereocenters. The highest BCUT2D eigenvalue weighted by molar-refractivity contribution is 5.83. The fourth-order valence-electron chi connectivity index (χ4n) is 4.25. The summed E-state index contributed by atoms with van der Waals surface area (Å²) in [6.45, 7) is 2.26. The fraction of sp³-hybridized carbons (Fsp3) is 0.214. The Balaban J connectivity index is 1.25. The molecule has 0 aliphatic heterocycles. The van der Waals surface area contributed by atoms with Crippen LogP contribution in [0.5, 0.6) is 0 Å². The Morgan fingerprint density at radius 1 is 1.17 bits per heavy atom. The maximum absolute atomic E-state index is 15.0. The Hall–Kier alpha value is -4.33. The van der Waals surface area contributed by atoms with Gasteiger partial charge in [-0.25, -0.2) is 4.39 Å². The van der Waals surface area contributed by atoms with Crippen LogP contribution in [-0.4, -0.2) is 28.7 Å². The van der Waals surface area contributed by atoms with Crippen LogP contribution in [0.25, 0.3) is 22.8 Å². The molecule has 1 amide bonds. The van der Waals surface area contributed by atoms with Crippen LogP contribution >= 0.6 is 0 Å². The second-order valence-electron chi connectivity index (χ2n) is 8.90. The van der Waals surface area contributed by atoms with Gasteiger partial charge in [0.25, 0.3) is 12.4 Å². The predicted molar refractivity (Wildman–Crippen MR) is 130 cm³/mol. The second-order valence-corrected chi connectivity index (χ2v) is 8.90. The first-order valence-electron chi connectivity index (χ1n) is 11.7. The molecule has 1 N–H and O–H groups in total. The lowest BCUT2D eigenvalue weighted by molar-refractivity contribution is -0.138. The van der Waals surface area contributed by atoms with E-state index in [9.17, 15) is 14.0 Å². The number of aryl methyl sites for hydroxylation is 1. The smallest absolute Gasteiger partial charge is 0.295 e. The largest absolute Gasteiger partial charge is 0.444 e. The zero-order valence-corrected chi connectivity index (χ0v) is 19.6. The van der Waals surface area contributed by atoms with Crippen molar-refractivity contribution in [3.05, 3.63) is 95.3 Å². The van der Waals surface area contributed by atoms with Crippen molar-refractivity contribution in [3.8, 4) is 22.8 Å². The van der Waals surface area contributed by atoms with Crippen LogP contribution < -0.4 is 5.32 Å². The summed E-state index contributed by atoms with van der Waals surface area (Å²) in [5.41, 5.74) is 3.67. The average molecular weight is 486 g/mol. The summed E-state index contributed by atoms with van der Waals surface area (Å²) >= 11 is 0. The van der Waals surface area contributed by atoms with Crippen LogP contribution in [0.15, 0.2) is 77.3 Å². The summed E-state index contributed by atoms with van der Waals surface area (Å²) < 4.78 is 25.3. The van der Waals surface area contributed by atoms with Crippen LogP contribution in [0.4, 0.5) is 4.39 Å². The number of carbonyl (C=O) groups is 2. The molecule has 5 rings (SSSR count). The van der Waals surface area contributed by atoms with Gasteiger partial charge in [0.15, 0.2) is 6.23 Å². The van der Waals surface area contributed by atoms with Crippen molar-refractivity contribution in [1.29, 1.82) is 0 Å². The molecule has 0 bridgehead atoms. The van der Waals surface area contributed by atoms with Gasteiger partial charge in [-0.15, -0.1) is 0 Å². The van der Waals surface area contributed by atoms with E-state index in [1.54, 1.807) is 12.1 Å². The van der Waals surface area contributed by atoms with Gasteiger partial charge in [-0.2, -0.15) is 4.98 Å². The number of benzene rings is 3. The molecule has 1 aliphatic rings. The van der Waals surface area contributed by atoms with E-state index in [4.69, 9.17) is 9.26 Å². The first-order valence-corrected chi connectivity index (χ1v) is 11.7. The third-order valence-electron chi connectivity index (χ3n) is 6.30. The summed E-state index contributed by atoms with van der Waals surface area (Å²) in [5.74, 6) is -0.340. The van der Waals surface area contributed by atoms with Crippen molar-refractivity contribution in [3.63, 3.8) is 0 Å². The summed E-state index contributed by atoms with van der Waals surface area (Å²) in [7, 11) is 0. The normalized spacial score (nSPS) is 17.3. The third kappa shape index (κ3) is 5.17. The molecule has 36 heavy (non-hydrogen) atoms. The molecular formula is C28H24FN3O4. The van der Waals surface area contributed by atoms with Gasteiger partial charge in [-0.3, -0.25) is 9.59 Å². The quantitative estimate of drug-likeness (QED) is 0.270. The molecule has 1 fully saturated rings. The lowest BCUT2D eigenvalue weighted by Gasteiger charge is -2.17. The van der Waals surface area contributed by atoms with Crippen LogP contribution in [-0.2, 0) is 20.7 Å². The molecule has 0 spiro atoms. The number of ether oxygens (including phenoxy) is 1. The van der Waals surface area contributed by atoms with E-state index in [2.05, 4.69) is 15.5 Å². The van der Waals surface area contributed by atoms with Gasteiger partial charge in [-0.05, 0) is 54.7 Å². The summed E-state index contributed by atoms with van der Waals surface area (Å²) in [6, 6.07) is 21.9. The fourth-order valence-corrected chi connectivity index (χ4v) is 4.25. The average Bonchev–Trinajstić information content (AvgIpc) is 3.55. The molecule has 8 heteroatoms. The first-order chi connectivity index (χ1) is 17.5. The minimum absolute atomic E-state index is 0.116. The number of nitrogens with zero attached hydrogens (tertiary/aromatic N) is 2. The van der Waals surface area contributed by atoms with Crippen molar-refractivity contribution in [1.82, 2.24) is 15.5 Å². The maximum atomic E-state index is 15.0. The summed E-state index contributed by atoms with van der Waals surface area (Å²) in [6.07, 6.45) is -0.0522. The van der Waals surface area contributed by atoms with Gasteiger partial charge < -0.3 is 14.6 Å². The zero-order chi connectivity index (χ0) is 25.1. The van der Waals surface area contributed by atoms with Gasteiger partial charge in [0.05, 0.1) is 5.56 Å². The topological polar surface area (TPSA) is 94.3 Å². The van der Waals surface area contributed by atoms with Crippen LogP contribution in [0.3, 0.4) is 0 Å². The van der Waals surface area contributed by atoms with E-state index < -0.39 is 12.0 Å². The molecule has 1 aromatic heterocycles. The molecular weight excluding hydrogens is 461 g/mol. The highest BCUT2D eigenvalue weighted by Gasteiger charge is 2.44. The maximum Gasteiger partial charge on any atom is 0.295 e. The van der Waals surface area contributed by atoms with Gasteiger partial charge in [-0.1, -0.05) is 59.3 Å². The first kappa shape index (κ1) is 23.4. The Bertz CT molecular complexity index is 1370. The van der Waals surface area contributed by atoms with Gasteiger partial charge in [0.2, 0.25) is 11.7 Å². The van der Waals surface area contributed by atoms with E-state index >= 15 is 0 Å². The lowest BCUT2D eigenvalue weighted by Crippen LogP contribution is -2.39. The number of aromatic nitrogens is 2. The zero-order valence-electron chi connectivity index (χ0n) is 19.6. The van der Waals surface area contributed by atoms with Crippen molar-refractivity contribution in [2.45, 2.75) is 31.9 Å². The van der Waals surface area contributed by atoms with E-state index in [1.165, 1.54) is 6.07 Å². The minimum atomic E-state index is -0.907. The molecule has 4 aromatic rings. The molecule has 3 aromatic carbocycles. The second kappa shape index (κ2) is 10.1. The van der Waals surface area contributed by atoms with E-state index in [0.717, 1.165) is 23.1 Å². The summed E-state index contributed by atoms with van der Waals surface area (Å²) in [5, 5.41) is 6.67. The lowest BCUT2D eigenvalue weighted by atomic mass is 10.1. The van der Waals surface area contributed by atoms with Gasteiger partial charge in [0, 0.05) is 17.9 Å². The highest BCUT2D eigenvalue weighted by atomic mass is 19.1. The third-order valence-corrected chi connectivity index (χ3v) is 6.30. The molecule has 1 saturated carbocycles. The summed E-state index contributed by atoms with van der Waals surface area (Å²) in [4.78, 5) is 28.0. The number of amides is 1. The minimum Gasteiger partial charge on any atom is -0.444 e. The van der Waals surface area contributed by atoms with Gasteiger partial charge >= 0.3 is 0 Å². The molecule has 0 saturated heterocycles. The number of halogens is 1. The van der Waals surface area contributed by atoms with Crippen molar-refractivity contribution in [2.75, 3.05) is 0 Å². The van der Waals surface area contributed by atoms with Crippen LogP contribution in [0, 0.1) is 18.7 Å². The number of hydrogen-bond donors (Lipinski definition) is 1. The Morgan fingerprint density at radius 2 is 1.94 bits per heavy atom. The number of rotatable bonds is 9. The Kier molecular flexibility index (Phi) is 6.58. The SMILES string of the molecule is Cc1ccc(-c2nc(-c3ccc(CC(NC(=O)C4CC4c4ccccc4)OC=O)cc3F)no2)cc1. The van der Waals surface area contributed by atoms with E-state index in [1.807, 2.05) is 61.5 Å². The highest BCUT2D eigenvalue weighted by Crippen LogP contribution is 2.47. The molecule has 7 nitrogen and oxygen atoms in total. The monoisotopic (exact) mass is 485 g/mol. The van der Waals surface area contributed by atoms with Crippen molar-refractivity contribution in [2.24, 2.45) is 5.92 Å². The number of carbonyl (C=O) groups excluding carboxylic acids is 2. The molecule has 3 unspecified atom stereocenters. The van der Waals surface area contributed by atoms with Crippen LogP contribution in [0.2, 0.25) is 0 Å². The molecule has 182 valence electrons. The van der Waals surface area contributed by atoms with Gasteiger partial charge in [0.1, 0.15) is 5.82 Å². The van der Waals surface area contributed by atoms with E-state index in [-0.39, 0.29) is 42.0 Å². The molecule has 1 heterocycles. The van der Waals surface area contributed by atoms with Crippen molar-refractivity contribution < 1.29 is 23.2 Å². The standard InChI is InChI=1S/C28H24FN3O4/c1-17-7-10-20(11-8-17)28-31-26(32-36-28)21-12-9-18(13-24(21)29)14-25(35-16-33)30-27(34)23-15-22(23)19-5-3-2-4-6-19/h2-13,16,22-23,25H,14-15H2,1H3,(H,30,34). The predicted octanol–water partition coefficient (Wildman–Crippen LogP) is 4.81. The number of nitrogens with one attached hydrogen (secondary N) is 1. The number of hydrogen-bond acceptors (Lipinski definition) is 6. The Morgan fingerprint density at radius 3 is 2.67 bits per heavy atom. The van der Waals surface area contributed by atoms with Crippen LogP contribution in [0.1, 0.15) is 29.0 Å². The van der Waals surface area contributed by atoms with E-state index in [0.29, 0.717) is 11.5 Å². The Labute approximate surface area is 207 Å². The molecule has 1 aliphatic carbocycles. The molecule has 0 radical (unpaired) electrons. The van der Waals surface area contributed by atoms with Crippen molar-refractivity contribution >= 4 is 12.4 Å².